The lowest BCUT2D eigenvalue weighted by atomic mass is 10.0. The van der Waals surface area contributed by atoms with Gasteiger partial charge in [0.15, 0.2) is 5.01 Å². The highest BCUT2D eigenvalue weighted by molar-refractivity contribution is 7.81. The van der Waals surface area contributed by atoms with Crippen molar-refractivity contribution in [3.05, 3.63) is 16.6 Å². The van der Waals surface area contributed by atoms with Crippen molar-refractivity contribution in [2.75, 3.05) is 39.3 Å². The molecule has 0 saturated carbocycles. The number of thiazole rings is 1. The summed E-state index contributed by atoms with van der Waals surface area (Å²) >= 11 is 6.16. The summed E-state index contributed by atoms with van der Waals surface area (Å²) in [5.74, 6) is 0.0822. The quantitative estimate of drug-likeness (QED) is 0.846. The zero-order valence-electron chi connectivity index (χ0n) is 13.2. The molecule has 0 bridgehead atoms. The van der Waals surface area contributed by atoms with Crippen LogP contribution in [0, 0.1) is 0 Å². The van der Waals surface area contributed by atoms with E-state index < -0.39 is 0 Å². The normalized spacial score (nSPS) is 24.0. The van der Waals surface area contributed by atoms with E-state index in [0.717, 1.165) is 45.7 Å². The van der Waals surface area contributed by atoms with E-state index in [9.17, 15) is 4.79 Å². The number of piperazine rings is 1. The minimum absolute atomic E-state index is 0.0130. The predicted molar refractivity (Wildman–Crippen MR) is 92.6 cm³/mol. The molecule has 1 unspecified atom stereocenters. The second-order valence-electron chi connectivity index (χ2n) is 6.29. The van der Waals surface area contributed by atoms with Crippen LogP contribution < -0.4 is 0 Å². The number of likely N-dealkylation sites (tertiary alicyclic amines) is 1. The molecule has 5 nitrogen and oxygen atoms in total. The van der Waals surface area contributed by atoms with Gasteiger partial charge in [-0.3, -0.25) is 14.6 Å². The number of hydrogen-bond acceptors (Lipinski definition) is 6. The predicted octanol–water partition coefficient (Wildman–Crippen LogP) is 1.64. The van der Waals surface area contributed by atoms with Crippen LogP contribution in [-0.2, 0) is 0 Å². The first-order chi connectivity index (χ1) is 10.5. The Hall–Kier alpha value is -0.630. The van der Waals surface area contributed by atoms with Crippen molar-refractivity contribution in [2.45, 2.75) is 31.2 Å². The van der Waals surface area contributed by atoms with Gasteiger partial charge in [0.25, 0.3) is 5.91 Å². The van der Waals surface area contributed by atoms with Crippen LogP contribution in [0.3, 0.4) is 0 Å². The van der Waals surface area contributed by atoms with Crippen molar-refractivity contribution < 1.29 is 4.79 Å². The van der Waals surface area contributed by atoms with E-state index in [-0.39, 0.29) is 10.8 Å². The van der Waals surface area contributed by atoms with E-state index >= 15 is 0 Å². The molecule has 0 spiro atoms. The molecule has 0 N–H and O–H groups in total. The van der Waals surface area contributed by atoms with Crippen LogP contribution in [0.15, 0.2) is 11.6 Å². The van der Waals surface area contributed by atoms with Gasteiger partial charge in [-0.1, -0.05) is 6.92 Å². The van der Waals surface area contributed by atoms with Crippen LogP contribution in [0.2, 0.25) is 0 Å². The highest BCUT2D eigenvalue weighted by Gasteiger charge is 2.40. The molecule has 0 aliphatic carbocycles. The number of rotatable bonds is 4. The molecule has 2 saturated heterocycles. The van der Waals surface area contributed by atoms with Crippen molar-refractivity contribution in [3.8, 4) is 0 Å². The average molecular weight is 341 g/mol. The summed E-state index contributed by atoms with van der Waals surface area (Å²) in [6.45, 7) is 10.1. The minimum Gasteiger partial charge on any atom is -0.334 e. The summed E-state index contributed by atoms with van der Waals surface area (Å²) in [5, 5.41) is 2.46. The summed E-state index contributed by atoms with van der Waals surface area (Å²) in [5.41, 5.74) is 0. The Morgan fingerprint density at radius 3 is 2.64 bits per heavy atom. The van der Waals surface area contributed by atoms with Gasteiger partial charge in [0.05, 0.1) is 4.87 Å². The molecule has 2 fully saturated rings. The molecular formula is C15H24N4OS2. The zero-order chi connectivity index (χ0) is 15.7. The molecule has 3 rings (SSSR count). The van der Waals surface area contributed by atoms with Crippen LogP contribution in [0.4, 0.5) is 0 Å². The van der Waals surface area contributed by atoms with Crippen LogP contribution >= 0.6 is 24.0 Å². The van der Waals surface area contributed by atoms with Gasteiger partial charge in [-0.25, -0.2) is 4.98 Å². The molecule has 7 heteroatoms. The summed E-state index contributed by atoms with van der Waals surface area (Å²) in [4.78, 5) is 23.3. The van der Waals surface area contributed by atoms with E-state index in [4.69, 9.17) is 12.6 Å². The standard InChI is InChI=1S/C15H24N4OS2/c1-3-15(2,21)19-10-12(11-19)17-5-7-18(8-6-17)14(20)13-16-4-9-22-13/h4,9,12,21H,3,5-8,10-11H2,1-2H3. The number of hydrogen-bond donors (Lipinski definition) is 1. The number of nitrogens with zero attached hydrogens (tertiary/aromatic N) is 4. The maximum Gasteiger partial charge on any atom is 0.282 e. The Balaban J connectivity index is 1.46. The van der Waals surface area contributed by atoms with E-state index in [1.54, 1.807) is 6.20 Å². The molecule has 0 radical (unpaired) electrons. The average Bonchev–Trinajstić information content (AvgIpc) is 2.99. The van der Waals surface area contributed by atoms with Gasteiger partial charge < -0.3 is 4.90 Å². The van der Waals surface area contributed by atoms with Crippen molar-refractivity contribution >= 4 is 29.9 Å². The molecule has 2 aliphatic rings. The van der Waals surface area contributed by atoms with Gasteiger partial charge in [0, 0.05) is 56.9 Å². The van der Waals surface area contributed by atoms with Gasteiger partial charge in [0.2, 0.25) is 0 Å². The van der Waals surface area contributed by atoms with Crippen LogP contribution in [-0.4, -0.2) is 75.8 Å². The molecule has 1 atom stereocenters. The van der Waals surface area contributed by atoms with Crippen molar-refractivity contribution in [1.82, 2.24) is 19.7 Å². The lowest BCUT2D eigenvalue weighted by Crippen LogP contribution is -2.67. The number of amides is 1. The second-order valence-corrected chi connectivity index (χ2v) is 8.15. The first-order valence-electron chi connectivity index (χ1n) is 7.91. The fraction of sp³-hybridized carbons (Fsp3) is 0.733. The van der Waals surface area contributed by atoms with Gasteiger partial charge in [-0.2, -0.15) is 12.6 Å². The number of carbonyl (C=O) groups excluding carboxylic acids is 1. The molecule has 1 aromatic heterocycles. The van der Waals surface area contributed by atoms with E-state index in [0.29, 0.717) is 11.0 Å². The fourth-order valence-corrected chi connectivity index (χ4v) is 3.82. The summed E-state index contributed by atoms with van der Waals surface area (Å²) in [6, 6.07) is 0.620. The topological polar surface area (TPSA) is 39.7 Å². The number of carbonyl (C=O) groups is 1. The Kier molecular flexibility index (Phi) is 4.77. The summed E-state index contributed by atoms with van der Waals surface area (Å²) in [7, 11) is 0. The third-order valence-corrected chi connectivity index (χ3v) is 6.31. The smallest absolute Gasteiger partial charge is 0.282 e. The third kappa shape index (κ3) is 3.18. The Bertz CT molecular complexity index is 506. The lowest BCUT2D eigenvalue weighted by molar-refractivity contribution is -0.0197. The number of thiol groups is 1. The zero-order valence-corrected chi connectivity index (χ0v) is 14.9. The Labute approximate surface area is 141 Å². The van der Waals surface area contributed by atoms with Crippen LogP contribution in [0.1, 0.15) is 30.1 Å². The molecular weight excluding hydrogens is 316 g/mol. The lowest BCUT2D eigenvalue weighted by Gasteiger charge is -2.53. The largest absolute Gasteiger partial charge is 0.334 e. The monoisotopic (exact) mass is 340 g/mol. The summed E-state index contributed by atoms with van der Waals surface area (Å²) in [6.07, 6.45) is 2.75. The van der Waals surface area contributed by atoms with Gasteiger partial charge in [0.1, 0.15) is 0 Å². The van der Waals surface area contributed by atoms with Gasteiger partial charge in [-0.05, 0) is 13.3 Å². The fourth-order valence-electron chi connectivity index (χ4n) is 3.06. The molecule has 2 aliphatic heterocycles. The summed E-state index contributed by atoms with van der Waals surface area (Å²) < 4.78 is 0. The first kappa shape index (κ1) is 16.2. The van der Waals surface area contributed by atoms with Crippen molar-refractivity contribution in [2.24, 2.45) is 0 Å². The molecule has 0 aromatic carbocycles. The van der Waals surface area contributed by atoms with E-state index in [1.807, 2.05) is 10.3 Å². The third-order valence-electron chi connectivity index (χ3n) is 4.95. The maximum absolute atomic E-state index is 12.3. The van der Waals surface area contributed by atoms with Gasteiger partial charge >= 0.3 is 0 Å². The molecule has 122 valence electrons. The second kappa shape index (κ2) is 6.47. The number of aromatic nitrogens is 1. The maximum atomic E-state index is 12.3. The van der Waals surface area contributed by atoms with Crippen LogP contribution in [0.5, 0.6) is 0 Å². The first-order valence-corrected chi connectivity index (χ1v) is 9.24. The van der Waals surface area contributed by atoms with E-state index in [1.165, 1.54) is 11.3 Å². The Morgan fingerprint density at radius 1 is 1.41 bits per heavy atom. The highest BCUT2D eigenvalue weighted by atomic mass is 32.1. The molecule has 3 heterocycles. The Morgan fingerprint density at radius 2 is 2.09 bits per heavy atom. The van der Waals surface area contributed by atoms with Crippen molar-refractivity contribution in [1.29, 1.82) is 0 Å². The highest BCUT2D eigenvalue weighted by Crippen LogP contribution is 2.30. The minimum atomic E-state index is 0.0130. The van der Waals surface area contributed by atoms with E-state index in [2.05, 4.69) is 28.6 Å². The molecule has 22 heavy (non-hydrogen) atoms. The van der Waals surface area contributed by atoms with Crippen LogP contribution in [0.25, 0.3) is 0 Å². The van der Waals surface area contributed by atoms with Gasteiger partial charge in [-0.15, -0.1) is 11.3 Å². The molecule has 1 amide bonds. The SMILES string of the molecule is CCC(C)(S)N1CC(N2CCN(C(=O)c3nccs3)CC2)C1. The van der Waals surface area contributed by atoms with Crippen molar-refractivity contribution in [3.63, 3.8) is 0 Å². The molecule has 1 aromatic rings.